The SMILES string of the molecule is c1coc(-c2nc3c4c(c2-c2ccco2)c2ccccc2n4CCC3)c1. The minimum Gasteiger partial charge on any atom is -0.464 e. The summed E-state index contributed by atoms with van der Waals surface area (Å²) in [6.45, 7) is 1.02. The van der Waals surface area contributed by atoms with E-state index in [0.29, 0.717) is 0 Å². The first-order valence-corrected chi connectivity index (χ1v) is 8.93. The van der Waals surface area contributed by atoms with E-state index in [-0.39, 0.29) is 0 Å². The van der Waals surface area contributed by atoms with Gasteiger partial charge in [0.25, 0.3) is 0 Å². The van der Waals surface area contributed by atoms with Gasteiger partial charge in [-0.05, 0) is 43.2 Å². The van der Waals surface area contributed by atoms with Crippen molar-refractivity contribution >= 4 is 21.8 Å². The number of benzene rings is 1. The van der Waals surface area contributed by atoms with E-state index in [1.807, 2.05) is 24.3 Å². The van der Waals surface area contributed by atoms with Crippen LogP contribution in [0.5, 0.6) is 0 Å². The van der Waals surface area contributed by atoms with Gasteiger partial charge in [0, 0.05) is 22.8 Å². The van der Waals surface area contributed by atoms with Gasteiger partial charge in [0.2, 0.25) is 0 Å². The normalized spacial score (nSPS) is 13.7. The Balaban J connectivity index is 1.89. The van der Waals surface area contributed by atoms with Crippen molar-refractivity contribution in [2.75, 3.05) is 0 Å². The number of para-hydroxylation sites is 1. The third kappa shape index (κ3) is 1.76. The van der Waals surface area contributed by atoms with Gasteiger partial charge in [-0.25, -0.2) is 4.98 Å². The molecule has 4 nitrogen and oxygen atoms in total. The molecule has 0 fully saturated rings. The lowest BCUT2D eigenvalue weighted by Crippen LogP contribution is -2.10. The Hall–Kier alpha value is -3.27. The van der Waals surface area contributed by atoms with Crippen molar-refractivity contribution in [3.05, 3.63) is 66.8 Å². The van der Waals surface area contributed by atoms with Gasteiger partial charge < -0.3 is 13.4 Å². The fourth-order valence-electron chi connectivity index (χ4n) is 4.28. The summed E-state index contributed by atoms with van der Waals surface area (Å²) in [5.41, 5.74) is 5.51. The molecule has 126 valence electrons. The van der Waals surface area contributed by atoms with E-state index in [1.165, 1.54) is 21.8 Å². The molecule has 5 heterocycles. The molecule has 0 amide bonds. The Morgan fingerprint density at radius 3 is 2.50 bits per heavy atom. The fourth-order valence-corrected chi connectivity index (χ4v) is 4.28. The maximum absolute atomic E-state index is 5.83. The maximum Gasteiger partial charge on any atom is 0.153 e. The first kappa shape index (κ1) is 14.0. The van der Waals surface area contributed by atoms with Gasteiger partial charge in [0.15, 0.2) is 5.76 Å². The van der Waals surface area contributed by atoms with Crippen LogP contribution in [0.1, 0.15) is 12.1 Å². The molecule has 0 atom stereocenters. The van der Waals surface area contributed by atoms with Crippen LogP contribution in [0.25, 0.3) is 44.6 Å². The number of hydrogen-bond donors (Lipinski definition) is 0. The first-order chi connectivity index (χ1) is 12.9. The lowest BCUT2D eigenvalue weighted by atomic mass is 9.98. The van der Waals surface area contributed by atoms with E-state index < -0.39 is 0 Å². The van der Waals surface area contributed by atoms with Crippen molar-refractivity contribution < 1.29 is 8.83 Å². The molecular formula is C22H16N2O2. The highest BCUT2D eigenvalue weighted by Gasteiger charge is 2.27. The summed E-state index contributed by atoms with van der Waals surface area (Å²) in [6.07, 6.45) is 5.50. The topological polar surface area (TPSA) is 44.1 Å². The summed E-state index contributed by atoms with van der Waals surface area (Å²) < 4.78 is 14.0. The van der Waals surface area contributed by atoms with E-state index in [1.54, 1.807) is 12.5 Å². The van der Waals surface area contributed by atoms with Gasteiger partial charge in [-0.1, -0.05) is 18.2 Å². The van der Waals surface area contributed by atoms with Crippen LogP contribution in [0.2, 0.25) is 0 Å². The van der Waals surface area contributed by atoms with E-state index in [2.05, 4.69) is 28.8 Å². The Bertz CT molecular complexity index is 1250. The zero-order chi connectivity index (χ0) is 17.1. The van der Waals surface area contributed by atoms with Crippen LogP contribution in [0.3, 0.4) is 0 Å². The number of rotatable bonds is 2. The second-order valence-electron chi connectivity index (χ2n) is 6.73. The lowest BCUT2D eigenvalue weighted by Gasteiger charge is -2.18. The van der Waals surface area contributed by atoms with Crippen molar-refractivity contribution in [2.24, 2.45) is 0 Å². The van der Waals surface area contributed by atoms with Gasteiger partial charge in [-0.15, -0.1) is 0 Å². The highest BCUT2D eigenvalue weighted by atomic mass is 16.3. The van der Waals surface area contributed by atoms with Crippen LogP contribution in [-0.4, -0.2) is 9.55 Å². The molecule has 0 saturated carbocycles. The zero-order valence-corrected chi connectivity index (χ0v) is 14.1. The number of hydrogen-bond acceptors (Lipinski definition) is 3. The highest BCUT2D eigenvalue weighted by Crippen LogP contribution is 2.44. The molecule has 6 rings (SSSR count). The van der Waals surface area contributed by atoms with Crippen molar-refractivity contribution in [1.82, 2.24) is 9.55 Å². The summed E-state index contributed by atoms with van der Waals surface area (Å²) >= 11 is 0. The van der Waals surface area contributed by atoms with Crippen LogP contribution in [0.4, 0.5) is 0 Å². The summed E-state index contributed by atoms with van der Waals surface area (Å²) in [7, 11) is 0. The average Bonchev–Trinajstić information content (AvgIpc) is 3.44. The minimum atomic E-state index is 0.775. The fraction of sp³-hybridized carbons (Fsp3) is 0.136. The van der Waals surface area contributed by atoms with E-state index >= 15 is 0 Å². The van der Waals surface area contributed by atoms with Crippen molar-refractivity contribution in [3.63, 3.8) is 0 Å². The smallest absolute Gasteiger partial charge is 0.153 e. The molecule has 0 radical (unpaired) electrons. The molecule has 0 bridgehead atoms. The minimum absolute atomic E-state index is 0.775. The molecule has 0 saturated heterocycles. The number of furan rings is 2. The van der Waals surface area contributed by atoms with Crippen LogP contribution in [-0.2, 0) is 13.0 Å². The molecule has 1 aliphatic rings. The quantitative estimate of drug-likeness (QED) is 0.417. The molecule has 0 aliphatic carbocycles. The second kappa shape index (κ2) is 5.11. The van der Waals surface area contributed by atoms with E-state index in [0.717, 1.165) is 47.9 Å². The Morgan fingerprint density at radius 2 is 1.69 bits per heavy atom. The number of aromatic nitrogens is 2. The van der Waals surface area contributed by atoms with Crippen LogP contribution >= 0.6 is 0 Å². The standard InChI is InChI=1S/C22H16N2O2/c1-2-8-16-14(6-1)19-20(17-9-4-12-25-17)21(18-10-5-13-26-18)23-15-7-3-11-24(16)22(15)19/h1-2,4-6,8-10,12-13H,3,7,11H2. The lowest BCUT2D eigenvalue weighted by molar-refractivity contribution is 0.573. The van der Waals surface area contributed by atoms with Gasteiger partial charge in [0.05, 0.1) is 29.3 Å². The molecular weight excluding hydrogens is 324 g/mol. The summed E-state index contributed by atoms with van der Waals surface area (Å²) in [5.74, 6) is 1.60. The van der Waals surface area contributed by atoms with Gasteiger partial charge in [-0.2, -0.15) is 0 Å². The third-order valence-electron chi connectivity index (χ3n) is 5.30. The Morgan fingerprint density at radius 1 is 0.885 bits per heavy atom. The summed E-state index contributed by atoms with van der Waals surface area (Å²) in [4.78, 5) is 5.05. The number of fused-ring (bicyclic) bond motifs is 3. The monoisotopic (exact) mass is 340 g/mol. The molecule has 5 aromatic rings. The predicted octanol–water partition coefficient (Wildman–Crippen LogP) is 5.66. The maximum atomic E-state index is 5.83. The van der Waals surface area contributed by atoms with Crippen LogP contribution in [0, 0.1) is 0 Å². The molecule has 4 heteroatoms. The molecule has 0 N–H and O–H groups in total. The average molecular weight is 340 g/mol. The van der Waals surface area contributed by atoms with Crippen molar-refractivity contribution in [1.29, 1.82) is 0 Å². The highest BCUT2D eigenvalue weighted by molar-refractivity contribution is 6.17. The van der Waals surface area contributed by atoms with Gasteiger partial charge in [-0.3, -0.25) is 0 Å². The van der Waals surface area contributed by atoms with Gasteiger partial charge >= 0.3 is 0 Å². The zero-order valence-electron chi connectivity index (χ0n) is 14.1. The second-order valence-corrected chi connectivity index (χ2v) is 6.73. The molecule has 0 spiro atoms. The molecule has 1 aromatic carbocycles. The number of nitrogens with zero attached hydrogens (tertiary/aromatic N) is 2. The van der Waals surface area contributed by atoms with Crippen molar-refractivity contribution in [2.45, 2.75) is 19.4 Å². The number of aryl methyl sites for hydroxylation is 2. The Labute approximate surface area is 149 Å². The van der Waals surface area contributed by atoms with Crippen molar-refractivity contribution in [3.8, 4) is 22.8 Å². The molecule has 26 heavy (non-hydrogen) atoms. The third-order valence-corrected chi connectivity index (χ3v) is 5.30. The molecule has 4 aromatic heterocycles. The Kier molecular flexibility index (Phi) is 2.75. The van der Waals surface area contributed by atoms with E-state index in [9.17, 15) is 0 Å². The molecule has 0 unspecified atom stereocenters. The van der Waals surface area contributed by atoms with Crippen LogP contribution < -0.4 is 0 Å². The van der Waals surface area contributed by atoms with Gasteiger partial charge in [0.1, 0.15) is 11.5 Å². The number of pyridine rings is 1. The molecule has 1 aliphatic heterocycles. The summed E-state index contributed by atoms with van der Waals surface area (Å²) in [5, 5.41) is 2.46. The predicted molar refractivity (Wildman–Crippen MR) is 101 cm³/mol. The first-order valence-electron chi connectivity index (χ1n) is 8.93. The summed E-state index contributed by atoms with van der Waals surface area (Å²) in [6, 6.07) is 16.4. The largest absolute Gasteiger partial charge is 0.464 e. The van der Waals surface area contributed by atoms with E-state index in [4.69, 9.17) is 13.8 Å². The van der Waals surface area contributed by atoms with Crippen LogP contribution in [0.15, 0.2) is 69.9 Å².